The van der Waals surface area contributed by atoms with Gasteiger partial charge in [-0.2, -0.15) is 4.58 Å². The molecule has 100 valence electrons. The number of halogens is 2. The lowest BCUT2D eigenvalue weighted by Gasteiger charge is -2.07. The number of fused-ring (bicyclic) bond motifs is 1. The van der Waals surface area contributed by atoms with E-state index in [0.717, 1.165) is 10.6 Å². The van der Waals surface area contributed by atoms with Crippen LogP contribution in [0.5, 0.6) is 0 Å². The van der Waals surface area contributed by atoms with Crippen LogP contribution in [0.25, 0.3) is 6.20 Å². The van der Waals surface area contributed by atoms with E-state index in [9.17, 15) is 9.18 Å². The summed E-state index contributed by atoms with van der Waals surface area (Å²) in [6.07, 6.45) is 1.95. The van der Waals surface area contributed by atoms with Gasteiger partial charge >= 0.3 is 0 Å². The van der Waals surface area contributed by atoms with E-state index >= 15 is 0 Å². The first-order chi connectivity index (χ1) is 9.54. The van der Waals surface area contributed by atoms with Gasteiger partial charge in [0.25, 0.3) is 5.91 Å². The highest BCUT2D eigenvalue weighted by Crippen LogP contribution is 2.19. The van der Waals surface area contributed by atoms with E-state index in [4.69, 9.17) is 11.6 Å². The van der Waals surface area contributed by atoms with Crippen LogP contribution in [-0.2, 0) is 0 Å². The van der Waals surface area contributed by atoms with Crippen molar-refractivity contribution in [3.05, 3.63) is 63.4 Å². The number of hydrogen-bond acceptors (Lipinski definition) is 1. The van der Waals surface area contributed by atoms with Crippen LogP contribution in [0.3, 0.4) is 0 Å². The number of hydrogen-bond donors (Lipinski definition) is 1. The van der Waals surface area contributed by atoms with E-state index in [1.54, 1.807) is 6.07 Å². The van der Waals surface area contributed by atoms with Gasteiger partial charge in [-0.05, 0) is 30.3 Å². The van der Waals surface area contributed by atoms with E-state index in [1.165, 1.54) is 18.2 Å². The van der Waals surface area contributed by atoms with Gasteiger partial charge in [-0.3, -0.25) is 4.79 Å². The predicted octanol–water partition coefficient (Wildman–Crippen LogP) is 1.60. The number of carbonyl (C=O) groups excluding carboxylic acids is 1. The normalized spacial score (nSPS) is 12.2. The summed E-state index contributed by atoms with van der Waals surface area (Å²) < 4.78 is 15.0. The Morgan fingerprint density at radius 3 is 2.70 bits per heavy atom. The molecule has 1 heterocycles. The van der Waals surface area contributed by atoms with Crippen LogP contribution in [0.1, 0.15) is 10.4 Å². The largest absolute Gasteiger partial charge is 0.322 e. The zero-order chi connectivity index (χ0) is 14.3. The average molecular weight is 290 g/mol. The molecule has 3 nitrogen and oxygen atoms in total. The fraction of sp³-hybridized carbons (Fsp3) is 0.0667. The summed E-state index contributed by atoms with van der Waals surface area (Å²) in [5.74, 6) is -0.762. The van der Waals surface area contributed by atoms with Crippen LogP contribution >= 0.6 is 11.6 Å². The first-order valence-corrected chi connectivity index (χ1v) is 6.40. The molecule has 1 aliphatic rings. The van der Waals surface area contributed by atoms with Crippen LogP contribution in [0.15, 0.2) is 36.4 Å². The first kappa shape index (κ1) is 12.8. The molecule has 2 aromatic carbocycles. The zero-order valence-corrected chi connectivity index (χ0v) is 11.4. The Morgan fingerprint density at radius 1 is 1.25 bits per heavy atom. The smallest absolute Gasteiger partial charge is 0.255 e. The number of amides is 1. The molecule has 3 rings (SSSR count). The second kappa shape index (κ2) is 4.72. The average Bonchev–Trinajstić information content (AvgIpc) is 2.41. The van der Waals surface area contributed by atoms with Gasteiger partial charge in [0.05, 0.1) is 5.02 Å². The molecule has 5 heteroatoms. The Kier molecular flexibility index (Phi) is 3.03. The van der Waals surface area contributed by atoms with E-state index in [1.807, 2.05) is 30.0 Å². The van der Waals surface area contributed by atoms with Gasteiger partial charge in [0, 0.05) is 17.3 Å². The molecular weight excluding hydrogens is 279 g/mol. The highest BCUT2D eigenvalue weighted by Gasteiger charge is 2.13. The molecule has 2 aromatic rings. The van der Waals surface area contributed by atoms with Crippen molar-refractivity contribution < 1.29 is 9.18 Å². The molecule has 0 aliphatic carbocycles. The maximum Gasteiger partial charge on any atom is 0.255 e. The van der Waals surface area contributed by atoms with E-state index in [-0.39, 0.29) is 10.9 Å². The Balaban J connectivity index is 1.85. The summed E-state index contributed by atoms with van der Waals surface area (Å²) in [4.78, 5) is 12.1. The standard InChI is InChI=1S/C15H10ClFN2O/c1-19-8-10-6-9(2-5-14(10)19)15(20)18-11-3-4-13(17)12(16)7-11/h2-8H,1H3/p+1. The first-order valence-electron chi connectivity index (χ1n) is 6.03. The Labute approximate surface area is 119 Å². The lowest BCUT2D eigenvalue weighted by Crippen LogP contribution is -2.45. The van der Waals surface area contributed by atoms with Crippen LogP contribution in [-0.4, -0.2) is 13.0 Å². The molecule has 1 aliphatic heterocycles. The summed E-state index contributed by atoms with van der Waals surface area (Å²) >= 11 is 5.68. The molecule has 1 N–H and O–H groups in total. The SMILES string of the molecule is C[N+]1=c2ccc(C(=O)Nc3ccc(F)c(Cl)c3)cc2=C1. The third-order valence-electron chi connectivity index (χ3n) is 3.18. The highest BCUT2D eigenvalue weighted by atomic mass is 35.5. The quantitative estimate of drug-likeness (QED) is 0.837. The van der Waals surface area contributed by atoms with Gasteiger partial charge in [-0.25, -0.2) is 4.39 Å². The van der Waals surface area contributed by atoms with E-state index in [0.29, 0.717) is 11.3 Å². The van der Waals surface area contributed by atoms with Crippen molar-refractivity contribution in [3.8, 4) is 0 Å². The Bertz CT molecular complexity index is 845. The molecule has 0 spiro atoms. The van der Waals surface area contributed by atoms with Gasteiger partial charge in [0.1, 0.15) is 18.1 Å². The van der Waals surface area contributed by atoms with Crippen LogP contribution in [0.2, 0.25) is 5.02 Å². The summed E-state index contributed by atoms with van der Waals surface area (Å²) in [5, 5.41) is 4.79. The molecule has 0 saturated carbocycles. The van der Waals surface area contributed by atoms with Gasteiger partial charge in [0.15, 0.2) is 6.20 Å². The fourth-order valence-corrected chi connectivity index (χ4v) is 2.29. The third kappa shape index (κ3) is 2.18. The molecule has 0 radical (unpaired) electrons. The van der Waals surface area contributed by atoms with Crippen molar-refractivity contribution in [1.82, 2.24) is 4.58 Å². The summed E-state index contributed by atoms with van der Waals surface area (Å²) in [6.45, 7) is 0. The summed E-state index contributed by atoms with van der Waals surface area (Å²) in [5.41, 5.74) is 1.01. The monoisotopic (exact) mass is 289 g/mol. The minimum Gasteiger partial charge on any atom is -0.322 e. The summed E-state index contributed by atoms with van der Waals surface area (Å²) in [7, 11) is 1.95. The number of carbonyl (C=O) groups is 1. The highest BCUT2D eigenvalue weighted by molar-refractivity contribution is 6.31. The molecule has 0 atom stereocenters. The van der Waals surface area contributed by atoms with Gasteiger partial charge in [-0.15, -0.1) is 0 Å². The Morgan fingerprint density at radius 2 is 2.05 bits per heavy atom. The molecule has 0 aromatic heterocycles. The molecule has 20 heavy (non-hydrogen) atoms. The molecule has 1 amide bonds. The maximum absolute atomic E-state index is 13.0. The van der Waals surface area contributed by atoms with Gasteiger partial charge < -0.3 is 5.32 Å². The number of nitrogens with zero attached hydrogens (tertiary/aromatic N) is 1. The zero-order valence-electron chi connectivity index (χ0n) is 10.7. The van der Waals surface area contributed by atoms with Crippen molar-refractivity contribution in [1.29, 1.82) is 0 Å². The van der Waals surface area contributed by atoms with Crippen LogP contribution < -0.4 is 20.5 Å². The Hall–Kier alpha value is -2.20. The number of anilines is 1. The molecule has 0 saturated heterocycles. The lowest BCUT2D eigenvalue weighted by molar-refractivity contribution is 0.102. The molecule has 0 unspecified atom stereocenters. The van der Waals surface area contributed by atoms with Crippen molar-refractivity contribution >= 4 is 29.4 Å². The lowest BCUT2D eigenvalue weighted by atomic mass is 10.1. The number of rotatable bonds is 2. The molecule has 0 fully saturated rings. The van der Waals surface area contributed by atoms with Crippen molar-refractivity contribution in [2.75, 3.05) is 12.4 Å². The van der Waals surface area contributed by atoms with E-state index < -0.39 is 5.82 Å². The van der Waals surface area contributed by atoms with E-state index in [2.05, 4.69) is 5.32 Å². The van der Waals surface area contributed by atoms with Crippen LogP contribution in [0, 0.1) is 5.82 Å². The minimum atomic E-state index is -0.511. The second-order valence-electron chi connectivity index (χ2n) is 4.60. The predicted molar refractivity (Wildman–Crippen MR) is 76.7 cm³/mol. The van der Waals surface area contributed by atoms with Crippen LogP contribution in [0.4, 0.5) is 10.1 Å². The minimum absolute atomic E-state index is 0.0186. The van der Waals surface area contributed by atoms with Gasteiger partial charge in [-0.1, -0.05) is 11.6 Å². The summed E-state index contributed by atoms with van der Waals surface area (Å²) in [6, 6.07) is 9.54. The van der Waals surface area contributed by atoms with Gasteiger partial charge in [0.2, 0.25) is 5.36 Å². The van der Waals surface area contributed by atoms with Crippen molar-refractivity contribution in [3.63, 3.8) is 0 Å². The number of nitrogens with one attached hydrogen (secondary N) is 1. The topological polar surface area (TPSA) is 32.1 Å². The molecule has 0 bridgehead atoms. The van der Waals surface area contributed by atoms with Crippen molar-refractivity contribution in [2.24, 2.45) is 0 Å². The third-order valence-corrected chi connectivity index (χ3v) is 3.47. The van der Waals surface area contributed by atoms with Crippen molar-refractivity contribution in [2.45, 2.75) is 0 Å². The fourth-order valence-electron chi connectivity index (χ4n) is 2.11. The second-order valence-corrected chi connectivity index (χ2v) is 5.00. The number of benzene rings is 2. The molecular formula is C15H11ClFN2O+. The maximum atomic E-state index is 13.0.